The van der Waals surface area contributed by atoms with Crippen molar-refractivity contribution in [2.24, 2.45) is 5.73 Å². The largest absolute Gasteiger partial charge is 0.507 e. The zero-order valence-electron chi connectivity index (χ0n) is 21.5. The van der Waals surface area contributed by atoms with Crippen LogP contribution in [0.3, 0.4) is 0 Å². The number of nitrogens with two attached hydrogens (primary N) is 1. The number of carbonyl (C=O) groups excluding carboxylic acids is 3. The minimum atomic E-state index is -2.38. The minimum absolute atomic E-state index is 0.0454. The second kappa shape index (κ2) is 9.87. The maximum atomic E-state index is 15.1. The fourth-order valence-corrected chi connectivity index (χ4v) is 5.69. The number of ether oxygens (including phenoxy) is 3. The molecule has 5 rings (SSSR count). The van der Waals surface area contributed by atoms with Crippen molar-refractivity contribution in [1.29, 1.82) is 0 Å². The van der Waals surface area contributed by atoms with Crippen LogP contribution in [0.15, 0.2) is 18.2 Å². The highest BCUT2D eigenvalue weighted by molar-refractivity contribution is 6.31. The predicted octanol–water partition coefficient (Wildman–Crippen LogP) is -0.0507. The first-order chi connectivity index (χ1) is 18.9. The zero-order chi connectivity index (χ0) is 29.3. The van der Waals surface area contributed by atoms with Crippen LogP contribution in [0.5, 0.6) is 17.2 Å². The van der Waals surface area contributed by atoms with Crippen LogP contribution in [-0.4, -0.2) is 92.9 Å². The van der Waals surface area contributed by atoms with Gasteiger partial charge in [0.2, 0.25) is 5.78 Å². The van der Waals surface area contributed by atoms with Gasteiger partial charge in [-0.25, -0.2) is 4.39 Å². The summed E-state index contributed by atoms with van der Waals surface area (Å²) in [5.41, 5.74) is 1.39. The Labute approximate surface area is 226 Å². The lowest BCUT2D eigenvalue weighted by molar-refractivity contribution is -0.273. The number of ketones is 3. The normalized spacial score (nSPS) is 31.3. The first kappa shape index (κ1) is 28.1. The molecule has 1 heterocycles. The number of hydrogen-bond acceptors (Lipinski definition) is 12. The Bertz CT molecular complexity index is 1430. The lowest BCUT2D eigenvalue weighted by atomic mass is 9.72. The molecule has 1 aliphatic heterocycles. The van der Waals surface area contributed by atoms with Gasteiger partial charge in [0.25, 0.3) is 0 Å². The molecule has 0 spiro atoms. The van der Waals surface area contributed by atoms with Gasteiger partial charge < -0.3 is 45.5 Å². The van der Waals surface area contributed by atoms with Crippen LogP contribution in [0.25, 0.3) is 0 Å². The maximum absolute atomic E-state index is 15.1. The van der Waals surface area contributed by atoms with Crippen LogP contribution in [0.2, 0.25) is 0 Å². The van der Waals surface area contributed by atoms with Crippen molar-refractivity contribution in [2.75, 3.05) is 13.7 Å². The first-order valence-electron chi connectivity index (χ1n) is 12.5. The summed E-state index contributed by atoms with van der Waals surface area (Å²) in [6, 6.07) is 3.15. The van der Waals surface area contributed by atoms with Crippen LogP contribution >= 0.6 is 0 Å². The van der Waals surface area contributed by atoms with Crippen molar-refractivity contribution in [3.8, 4) is 17.2 Å². The predicted molar refractivity (Wildman–Crippen MR) is 132 cm³/mol. The highest BCUT2D eigenvalue weighted by atomic mass is 19.1. The summed E-state index contributed by atoms with van der Waals surface area (Å²) >= 11 is 0. The summed E-state index contributed by atoms with van der Waals surface area (Å²) in [7, 11) is 1.29. The van der Waals surface area contributed by atoms with Gasteiger partial charge in [-0.15, -0.1) is 0 Å². The van der Waals surface area contributed by atoms with Gasteiger partial charge in [0.05, 0.1) is 42.0 Å². The quantitative estimate of drug-likeness (QED) is 0.227. The van der Waals surface area contributed by atoms with Crippen LogP contribution in [0.1, 0.15) is 62.4 Å². The number of alkyl halides is 1. The summed E-state index contributed by atoms with van der Waals surface area (Å²) in [6.45, 7) is 0.364. The van der Waals surface area contributed by atoms with E-state index in [1.165, 1.54) is 32.2 Å². The fraction of sp³-hybridized carbons (Fsp3) is 0.444. The number of carbonyl (C=O) groups is 3. The summed E-state index contributed by atoms with van der Waals surface area (Å²) in [6.07, 6.45) is -9.52. The molecule has 2 aromatic rings. The van der Waals surface area contributed by atoms with E-state index in [1.54, 1.807) is 0 Å². The number of benzene rings is 2. The van der Waals surface area contributed by atoms with Crippen LogP contribution in [-0.2, 0) is 20.7 Å². The monoisotopic (exact) mass is 561 g/mol. The summed E-state index contributed by atoms with van der Waals surface area (Å²) in [5.74, 6) is -4.30. The Kier molecular flexibility index (Phi) is 6.93. The number of aliphatic hydroxyl groups is 3. The van der Waals surface area contributed by atoms with Crippen LogP contribution in [0, 0.1) is 0 Å². The molecule has 1 saturated heterocycles. The van der Waals surface area contributed by atoms with Gasteiger partial charge >= 0.3 is 0 Å². The van der Waals surface area contributed by atoms with E-state index in [0.717, 1.165) is 0 Å². The molecule has 0 aromatic heterocycles. The number of methoxy groups -OCH3 is 1. The molecule has 0 saturated carbocycles. The van der Waals surface area contributed by atoms with Crippen molar-refractivity contribution in [2.45, 2.75) is 62.2 Å². The smallest absolute Gasteiger partial charge is 0.202 e. The minimum Gasteiger partial charge on any atom is -0.507 e. The highest BCUT2D eigenvalue weighted by Crippen LogP contribution is 2.52. The number of halogens is 1. The molecule has 12 nitrogen and oxygen atoms in total. The van der Waals surface area contributed by atoms with Crippen molar-refractivity contribution >= 4 is 17.3 Å². The number of fused-ring (bicyclic) bond motifs is 3. The number of phenols is 2. The Hall–Kier alpha value is -3.46. The Morgan fingerprint density at radius 1 is 1.18 bits per heavy atom. The van der Waals surface area contributed by atoms with Gasteiger partial charge in [-0.2, -0.15) is 0 Å². The average Bonchev–Trinajstić information content (AvgIpc) is 2.94. The Balaban J connectivity index is 1.70. The number of Topliss-reactive ketones (excluding diaryl/α,β-unsaturated/α-hetero) is 1. The summed E-state index contributed by atoms with van der Waals surface area (Å²) in [5, 5.41) is 53.7. The number of hydrogen-bond donors (Lipinski definition) is 6. The molecule has 214 valence electrons. The second-order valence-electron chi connectivity index (χ2n) is 10.2. The van der Waals surface area contributed by atoms with E-state index in [-0.39, 0.29) is 28.0 Å². The number of rotatable bonds is 5. The van der Waals surface area contributed by atoms with E-state index in [2.05, 4.69) is 0 Å². The lowest BCUT2D eigenvalue weighted by Gasteiger charge is -2.43. The standard InChI is InChI=1S/C27H28FNO11/c1-9-20(29)25(36)19(28)26(39-9)40-13-7-27(37,14(31)8-30)6-11-16(13)24(35)18-17(22(11)33)21(32)10-4-3-5-12(38-2)15(10)23(18)34/h3-5,9,13,19-20,25-26,30,33,35-37H,6-8,29H2,1-2H3/t9-,13-,19+,20+,25-,26-,27-/m0/s1. The number of phenolic OH excluding ortho intramolecular Hbond substituents is 2. The van der Waals surface area contributed by atoms with Gasteiger partial charge in [-0.1, -0.05) is 12.1 Å². The van der Waals surface area contributed by atoms with Crippen LogP contribution < -0.4 is 10.5 Å². The van der Waals surface area contributed by atoms with Gasteiger partial charge in [-0.05, 0) is 13.0 Å². The van der Waals surface area contributed by atoms with Crippen molar-refractivity contribution in [1.82, 2.24) is 0 Å². The summed E-state index contributed by atoms with van der Waals surface area (Å²) < 4.78 is 31.5. The highest BCUT2D eigenvalue weighted by Gasteiger charge is 2.51. The zero-order valence-corrected chi connectivity index (χ0v) is 21.5. The van der Waals surface area contributed by atoms with E-state index in [1.807, 2.05) is 0 Å². The summed E-state index contributed by atoms with van der Waals surface area (Å²) in [4.78, 5) is 39.7. The second-order valence-corrected chi connectivity index (χ2v) is 10.2. The molecule has 0 unspecified atom stereocenters. The molecule has 0 bridgehead atoms. The third kappa shape index (κ3) is 4.00. The molecule has 7 N–H and O–H groups in total. The van der Waals surface area contributed by atoms with E-state index < -0.39 is 102 Å². The molecule has 13 heteroatoms. The Morgan fingerprint density at radius 3 is 2.50 bits per heavy atom. The fourth-order valence-electron chi connectivity index (χ4n) is 5.69. The van der Waals surface area contributed by atoms with Gasteiger partial charge in [-0.3, -0.25) is 14.4 Å². The van der Waals surface area contributed by atoms with Crippen molar-refractivity contribution < 1.29 is 58.5 Å². The molecule has 7 atom stereocenters. The molecule has 3 aliphatic rings. The topological polar surface area (TPSA) is 206 Å². The molecular weight excluding hydrogens is 533 g/mol. The lowest BCUT2D eigenvalue weighted by Crippen LogP contribution is -2.59. The molecule has 1 fully saturated rings. The van der Waals surface area contributed by atoms with Gasteiger partial charge in [0.15, 0.2) is 24.0 Å². The van der Waals surface area contributed by atoms with Gasteiger partial charge in [0, 0.05) is 29.5 Å². The van der Waals surface area contributed by atoms with E-state index in [4.69, 9.17) is 19.9 Å². The molecule has 2 aliphatic carbocycles. The molecule has 0 radical (unpaired) electrons. The average molecular weight is 562 g/mol. The SMILES string of the molecule is COc1cccc2c1C(=O)c1c(O)c3c(c(O)c1C2=O)C[C@@](O)(C(=O)CO)C[C@@H]3O[C@@H]1O[C@@H](C)[C@@H](N)[C@@H](O)[C@H]1F. The van der Waals surface area contributed by atoms with Crippen molar-refractivity contribution in [3.63, 3.8) is 0 Å². The van der Waals surface area contributed by atoms with Crippen molar-refractivity contribution in [3.05, 3.63) is 51.6 Å². The first-order valence-corrected chi connectivity index (χ1v) is 12.5. The Morgan fingerprint density at radius 2 is 1.85 bits per heavy atom. The van der Waals surface area contributed by atoms with E-state index >= 15 is 4.39 Å². The number of aromatic hydroxyl groups is 2. The third-order valence-corrected chi connectivity index (χ3v) is 7.91. The molecule has 40 heavy (non-hydrogen) atoms. The number of aliphatic hydroxyl groups excluding tert-OH is 2. The van der Waals surface area contributed by atoms with Crippen LogP contribution in [0.4, 0.5) is 4.39 Å². The molecule has 0 amide bonds. The van der Waals surface area contributed by atoms with Gasteiger partial charge in [0.1, 0.15) is 35.6 Å². The van der Waals surface area contributed by atoms with E-state index in [0.29, 0.717) is 0 Å². The molecule has 2 aromatic carbocycles. The third-order valence-electron chi connectivity index (χ3n) is 7.91. The van der Waals surface area contributed by atoms with E-state index in [9.17, 15) is 39.9 Å². The maximum Gasteiger partial charge on any atom is 0.202 e. The molecular formula is C27H28FNO11.